The highest BCUT2D eigenvalue weighted by atomic mass is 35.5. The van der Waals surface area contributed by atoms with Gasteiger partial charge in [-0.3, -0.25) is 10.1 Å². The van der Waals surface area contributed by atoms with Gasteiger partial charge in [0, 0.05) is 17.5 Å². The van der Waals surface area contributed by atoms with E-state index in [4.69, 9.17) is 11.6 Å². The van der Waals surface area contributed by atoms with Crippen LogP contribution in [0.2, 0.25) is 0 Å². The third-order valence-electron chi connectivity index (χ3n) is 2.32. The first-order valence-electron chi connectivity index (χ1n) is 4.41. The van der Waals surface area contributed by atoms with Gasteiger partial charge in [0.2, 0.25) is 0 Å². The number of hydrogen-bond donors (Lipinski definition) is 0. The predicted octanol–water partition coefficient (Wildman–Crippen LogP) is 3.33. The Morgan fingerprint density at radius 2 is 1.79 bits per heavy atom. The van der Waals surface area contributed by atoms with Crippen LogP contribution in [0.5, 0.6) is 0 Å². The molecule has 0 amide bonds. The minimum Gasteiger partial charge on any atom is -0.258 e. The quantitative estimate of drug-likeness (QED) is 0.439. The van der Waals surface area contributed by atoms with E-state index >= 15 is 0 Å². The highest BCUT2D eigenvalue weighted by Crippen LogP contribution is 2.24. The molecule has 0 radical (unpaired) electrons. The smallest absolute Gasteiger partial charge is 0.258 e. The lowest BCUT2D eigenvalue weighted by molar-refractivity contribution is -0.384. The summed E-state index contributed by atoms with van der Waals surface area (Å²) >= 11 is 5.93. The van der Waals surface area contributed by atoms with E-state index in [0.29, 0.717) is 0 Å². The van der Waals surface area contributed by atoms with Gasteiger partial charge in [0.1, 0.15) is 0 Å². The molecule has 0 spiro atoms. The van der Waals surface area contributed by atoms with E-state index in [1.165, 1.54) is 12.1 Å². The molecule has 0 N–H and O–H groups in total. The summed E-state index contributed by atoms with van der Waals surface area (Å²) in [4.78, 5) is 9.99. The van der Waals surface area contributed by atoms with E-state index in [0.717, 1.165) is 5.56 Å². The zero-order valence-electron chi connectivity index (χ0n) is 8.11. The molecule has 0 aromatic heterocycles. The van der Waals surface area contributed by atoms with Crippen LogP contribution >= 0.6 is 11.6 Å². The Labute approximate surface area is 87.8 Å². The Morgan fingerprint density at radius 3 is 2.14 bits per heavy atom. The van der Waals surface area contributed by atoms with Crippen LogP contribution in [0.1, 0.15) is 25.3 Å². The Hall–Kier alpha value is -1.09. The Balaban J connectivity index is 2.88. The van der Waals surface area contributed by atoms with E-state index in [1.807, 2.05) is 13.8 Å². The maximum Gasteiger partial charge on any atom is 0.269 e. The van der Waals surface area contributed by atoms with Crippen molar-refractivity contribution >= 4 is 17.3 Å². The van der Waals surface area contributed by atoms with Gasteiger partial charge in [0.15, 0.2) is 0 Å². The number of hydrogen-bond acceptors (Lipinski definition) is 2. The molecule has 0 fully saturated rings. The zero-order chi connectivity index (χ0) is 10.7. The molecule has 1 rings (SSSR count). The van der Waals surface area contributed by atoms with Crippen LogP contribution < -0.4 is 0 Å². The lowest BCUT2D eigenvalue weighted by Gasteiger charge is -2.13. The molecule has 0 saturated heterocycles. The minimum absolute atomic E-state index is 0.0245. The molecule has 2 unspecified atom stereocenters. The van der Waals surface area contributed by atoms with Crippen LogP contribution in [-0.4, -0.2) is 10.3 Å². The second kappa shape index (κ2) is 4.42. The molecule has 3 nitrogen and oxygen atoms in total. The van der Waals surface area contributed by atoms with Gasteiger partial charge in [-0.1, -0.05) is 19.1 Å². The average Bonchev–Trinajstić information content (AvgIpc) is 2.16. The van der Waals surface area contributed by atoms with Crippen LogP contribution in [0, 0.1) is 10.1 Å². The summed E-state index contributed by atoms with van der Waals surface area (Å²) in [5, 5.41) is 10.4. The van der Waals surface area contributed by atoms with Crippen molar-refractivity contribution in [2.75, 3.05) is 0 Å². The van der Waals surface area contributed by atoms with Crippen LogP contribution in [0.4, 0.5) is 5.69 Å². The molecule has 2 atom stereocenters. The van der Waals surface area contributed by atoms with Crippen molar-refractivity contribution in [2.45, 2.75) is 25.1 Å². The van der Waals surface area contributed by atoms with Crippen LogP contribution in [0.3, 0.4) is 0 Å². The summed E-state index contributed by atoms with van der Waals surface area (Å²) in [6, 6.07) is 6.51. The number of non-ortho nitro benzene ring substituents is 1. The SMILES string of the molecule is CC(Cl)C(C)c1ccc([N+](=O)[O-])cc1. The average molecular weight is 214 g/mol. The third kappa shape index (κ3) is 2.45. The van der Waals surface area contributed by atoms with E-state index in [1.54, 1.807) is 12.1 Å². The Morgan fingerprint density at radius 1 is 1.29 bits per heavy atom. The van der Waals surface area contributed by atoms with Gasteiger partial charge in [-0.15, -0.1) is 11.6 Å². The monoisotopic (exact) mass is 213 g/mol. The fourth-order valence-electron chi connectivity index (χ4n) is 1.16. The lowest BCUT2D eigenvalue weighted by atomic mass is 9.98. The van der Waals surface area contributed by atoms with Crippen LogP contribution in [0.15, 0.2) is 24.3 Å². The molecule has 14 heavy (non-hydrogen) atoms. The molecular weight excluding hydrogens is 202 g/mol. The summed E-state index contributed by atoms with van der Waals surface area (Å²) in [6.07, 6.45) is 0. The number of nitrogens with zero attached hydrogens (tertiary/aromatic N) is 1. The molecule has 0 aliphatic heterocycles. The number of halogens is 1. The van der Waals surface area contributed by atoms with Gasteiger partial charge in [0.25, 0.3) is 5.69 Å². The summed E-state index contributed by atoms with van der Waals surface area (Å²) in [6.45, 7) is 3.91. The molecule has 4 heteroatoms. The molecule has 1 aromatic carbocycles. The predicted molar refractivity (Wildman–Crippen MR) is 56.8 cm³/mol. The lowest BCUT2D eigenvalue weighted by Crippen LogP contribution is -2.04. The second-order valence-corrected chi connectivity index (χ2v) is 4.00. The van der Waals surface area contributed by atoms with Crippen molar-refractivity contribution in [3.63, 3.8) is 0 Å². The fourth-order valence-corrected chi connectivity index (χ4v) is 1.31. The van der Waals surface area contributed by atoms with Gasteiger partial charge in [-0.05, 0) is 18.4 Å². The van der Waals surface area contributed by atoms with E-state index in [-0.39, 0.29) is 17.0 Å². The van der Waals surface area contributed by atoms with E-state index in [9.17, 15) is 10.1 Å². The third-order valence-corrected chi connectivity index (χ3v) is 2.70. The van der Waals surface area contributed by atoms with Crippen molar-refractivity contribution in [2.24, 2.45) is 0 Å². The Kier molecular flexibility index (Phi) is 3.47. The first-order valence-corrected chi connectivity index (χ1v) is 4.84. The first-order chi connectivity index (χ1) is 6.52. The molecule has 0 aliphatic carbocycles. The van der Waals surface area contributed by atoms with Gasteiger partial charge in [0.05, 0.1) is 4.92 Å². The molecule has 1 aromatic rings. The minimum atomic E-state index is -0.404. The molecule has 0 saturated carbocycles. The summed E-state index contributed by atoms with van der Waals surface area (Å²) in [7, 11) is 0. The summed E-state index contributed by atoms with van der Waals surface area (Å²) in [5.41, 5.74) is 1.14. The van der Waals surface area contributed by atoms with Crippen molar-refractivity contribution in [3.8, 4) is 0 Å². The molecule has 0 aliphatic rings. The van der Waals surface area contributed by atoms with Crippen molar-refractivity contribution in [1.82, 2.24) is 0 Å². The maximum absolute atomic E-state index is 10.4. The van der Waals surface area contributed by atoms with Gasteiger partial charge in [-0.25, -0.2) is 0 Å². The van der Waals surface area contributed by atoms with Crippen molar-refractivity contribution < 1.29 is 4.92 Å². The largest absolute Gasteiger partial charge is 0.269 e. The van der Waals surface area contributed by atoms with E-state index in [2.05, 4.69) is 0 Å². The maximum atomic E-state index is 10.4. The molecule has 76 valence electrons. The standard InChI is InChI=1S/C10H12ClNO2/c1-7(8(2)11)9-3-5-10(6-4-9)12(13)14/h3-8H,1-2H3. The topological polar surface area (TPSA) is 43.1 Å². The molecular formula is C10H12ClNO2. The normalized spacial score (nSPS) is 14.8. The van der Waals surface area contributed by atoms with Crippen LogP contribution in [-0.2, 0) is 0 Å². The van der Waals surface area contributed by atoms with Gasteiger partial charge < -0.3 is 0 Å². The number of nitro groups is 1. The first kappa shape index (κ1) is 11.0. The van der Waals surface area contributed by atoms with Crippen molar-refractivity contribution in [1.29, 1.82) is 0 Å². The molecule has 0 heterocycles. The number of alkyl halides is 1. The van der Waals surface area contributed by atoms with E-state index < -0.39 is 4.92 Å². The second-order valence-electron chi connectivity index (χ2n) is 3.31. The van der Waals surface area contributed by atoms with Gasteiger partial charge >= 0.3 is 0 Å². The highest BCUT2D eigenvalue weighted by Gasteiger charge is 2.12. The van der Waals surface area contributed by atoms with Crippen molar-refractivity contribution in [3.05, 3.63) is 39.9 Å². The highest BCUT2D eigenvalue weighted by molar-refractivity contribution is 6.20. The van der Waals surface area contributed by atoms with Crippen LogP contribution in [0.25, 0.3) is 0 Å². The number of benzene rings is 1. The zero-order valence-corrected chi connectivity index (χ0v) is 8.86. The molecule has 0 bridgehead atoms. The Bertz CT molecular complexity index is 321. The summed E-state index contributed by atoms with van der Waals surface area (Å²) in [5.74, 6) is 0.206. The van der Waals surface area contributed by atoms with Gasteiger partial charge in [-0.2, -0.15) is 0 Å². The summed E-state index contributed by atoms with van der Waals surface area (Å²) < 4.78 is 0. The fraction of sp³-hybridized carbons (Fsp3) is 0.400. The number of rotatable bonds is 3. The number of nitro benzene ring substituents is 1.